The average molecular weight is 511 g/mol. The molecule has 0 fully saturated rings. The van der Waals surface area contributed by atoms with Crippen molar-refractivity contribution >= 4 is 17.5 Å². The molecular formula is C26H34N6O5. The number of hydrogen-bond acceptors (Lipinski definition) is 8. The molecule has 1 atom stereocenters. The summed E-state index contributed by atoms with van der Waals surface area (Å²) >= 11 is 0. The molecule has 198 valence electrons. The molecule has 0 aliphatic carbocycles. The summed E-state index contributed by atoms with van der Waals surface area (Å²) in [5.41, 5.74) is 0.715. The summed E-state index contributed by atoms with van der Waals surface area (Å²) in [5.74, 6) is 1.34. The van der Waals surface area contributed by atoms with Crippen LogP contribution in [0.3, 0.4) is 0 Å². The van der Waals surface area contributed by atoms with E-state index in [4.69, 9.17) is 14.2 Å². The topological polar surface area (TPSA) is 121 Å². The van der Waals surface area contributed by atoms with Crippen molar-refractivity contribution in [3.05, 3.63) is 42.5 Å². The normalized spacial score (nSPS) is 12.0. The van der Waals surface area contributed by atoms with Gasteiger partial charge in [-0.25, -0.2) is 0 Å². The van der Waals surface area contributed by atoms with Crippen molar-refractivity contribution in [2.24, 2.45) is 0 Å². The Balaban J connectivity index is 1.92. The molecule has 0 bridgehead atoms. The Morgan fingerprint density at radius 1 is 1.03 bits per heavy atom. The molecule has 3 aromatic rings. The third-order valence-corrected chi connectivity index (χ3v) is 5.47. The summed E-state index contributed by atoms with van der Waals surface area (Å²) in [6.07, 6.45) is 0.395. The molecule has 0 unspecified atom stereocenters. The van der Waals surface area contributed by atoms with Gasteiger partial charge in [-0.3, -0.25) is 14.5 Å². The number of ether oxygens (including phenoxy) is 3. The number of aromatic nitrogens is 4. The third-order valence-electron chi connectivity index (χ3n) is 5.47. The molecule has 0 spiro atoms. The van der Waals surface area contributed by atoms with Gasteiger partial charge >= 0.3 is 0 Å². The van der Waals surface area contributed by atoms with Crippen LogP contribution in [0.4, 0.5) is 5.69 Å². The highest BCUT2D eigenvalue weighted by Gasteiger charge is 2.32. The van der Waals surface area contributed by atoms with E-state index in [0.29, 0.717) is 40.7 Å². The van der Waals surface area contributed by atoms with Crippen molar-refractivity contribution in [3.8, 4) is 28.6 Å². The number of benzene rings is 2. The molecule has 11 nitrogen and oxygen atoms in total. The number of anilines is 1. The Morgan fingerprint density at radius 3 is 2.38 bits per heavy atom. The van der Waals surface area contributed by atoms with E-state index in [1.54, 1.807) is 56.7 Å². The minimum Gasteiger partial charge on any atom is -0.497 e. The number of amides is 2. The molecule has 0 saturated carbocycles. The van der Waals surface area contributed by atoms with E-state index >= 15 is 0 Å². The number of tetrazole rings is 1. The fraction of sp³-hybridized carbons (Fsp3) is 0.423. The Kier molecular flexibility index (Phi) is 8.69. The van der Waals surface area contributed by atoms with Crippen LogP contribution in [0, 0.1) is 0 Å². The van der Waals surface area contributed by atoms with Crippen LogP contribution >= 0.6 is 0 Å². The van der Waals surface area contributed by atoms with Crippen LogP contribution in [0.1, 0.15) is 34.1 Å². The predicted octanol–water partition coefficient (Wildman–Crippen LogP) is 3.09. The van der Waals surface area contributed by atoms with Crippen LogP contribution in [0.15, 0.2) is 42.5 Å². The molecule has 0 saturated heterocycles. The van der Waals surface area contributed by atoms with E-state index in [2.05, 4.69) is 20.7 Å². The van der Waals surface area contributed by atoms with Gasteiger partial charge in [0.1, 0.15) is 18.3 Å². The highest BCUT2D eigenvalue weighted by atomic mass is 16.5. The van der Waals surface area contributed by atoms with E-state index in [1.807, 2.05) is 27.7 Å². The summed E-state index contributed by atoms with van der Waals surface area (Å²) in [4.78, 5) is 29.5. The van der Waals surface area contributed by atoms with Gasteiger partial charge in [0.05, 0.1) is 21.3 Å². The van der Waals surface area contributed by atoms with Gasteiger partial charge in [-0.1, -0.05) is 13.0 Å². The highest BCUT2D eigenvalue weighted by Crippen LogP contribution is 2.31. The fourth-order valence-corrected chi connectivity index (χ4v) is 3.79. The van der Waals surface area contributed by atoms with Crippen LogP contribution in [-0.4, -0.2) is 64.9 Å². The molecule has 2 amide bonds. The van der Waals surface area contributed by atoms with Crippen molar-refractivity contribution in [2.75, 3.05) is 26.2 Å². The molecule has 1 aromatic heterocycles. The van der Waals surface area contributed by atoms with E-state index in [1.165, 1.54) is 16.8 Å². The van der Waals surface area contributed by atoms with Gasteiger partial charge in [0.15, 0.2) is 11.5 Å². The molecular weight excluding hydrogens is 476 g/mol. The lowest BCUT2D eigenvalue weighted by atomic mass is 10.1. The van der Waals surface area contributed by atoms with Crippen LogP contribution in [0.5, 0.6) is 17.2 Å². The van der Waals surface area contributed by atoms with Gasteiger partial charge in [0.25, 0.3) is 5.91 Å². The number of carbonyl (C=O) groups is 2. The van der Waals surface area contributed by atoms with Crippen LogP contribution in [0.25, 0.3) is 11.4 Å². The van der Waals surface area contributed by atoms with E-state index in [0.717, 1.165) is 0 Å². The number of nitrogens with one attached hydrogen (secondary N) is 1. The van der Waals surface area contributed by atoms with Gasteiger partial charge < -0.3 is 19.5 Å². The van der Waals surface area contributed by atoms with Crippen molar-refractivity contribution in [1.29, 1.82) is 0 Å². The highest BCUT2D eigenvalue weighted by molar-refractivity contribution is 6.00. The zero-order valence-electron chi connectivity index (χ0n) is 22.3. The molecule has 0 aliphatic rings. The maximum absolute atomic E-state index is 13.7. The second kappa shape index (κ2) is 11.7. The Bertz CT molecular complexity index is 1240. The monoisotopic (exact) mass is 510 g/mol. The molecule has 11 heteroatoms. The smallest absolute Gasteiger partial charge is 0.251 e. The molecule has 1 heterocycles. The first-order chi connectivity index (χ1) is 17.6. The van der Waals surface area contributed by atoms with Crippen LogP contribution in [-0.2, 0) is 16.1 Å². The van der Waals surface area contributed by atoms with Gasteiger partial charge in [0, 0.05) is 22.9 Å². The van der Waals surface area contributed by atoms with E-state index in [-0.39, 0.29) is 18.4 Å². The maximum Gasteiger partial charge on any atom is 0.251 e. The second-order valence-corrected chi connectivity index (χ2v) is 9.34. The van der Waals surface area contributed by atoms with E-state index < -0.39 is 11.6 Å². The second-order valence-electron chi connectivity index (χ2n) is 9.34. The summed E-state index contributed by atoms with van der Waals surface area (Å²) in [6, 6.07) is 11.5. The molecule has 0 radical (unpaired) electrons. The van der Waals surface area contributed by atoms with Gasteiger partial charge in [-0.15, -0.1) is 10.2 Å². The SMILES string of the molecule is CC[C@H](C(=O)NC(C)(C)C)N(C(=O)Cn1nnc(-c2ccc(OC)c(OC)c2)n1)c1cccc(OC)c1. The number of methoxy groups -OCH3 is 3. The lowest BCUT2D eigenvalue weighted by Crippen LogP contribution is -2.54. The Morgan fingerprint density at radius 2 is 1.76 bits per heavy atom. The number of rotatable bonds is 10. The first-order valence-corrected chi connectivity index (χ1v) is 11.9. The Labute approximate surface area is 216 Å². The van der Waals surface area contributed by atoms with Gasteiger partial charge in [-0.05, 0) is 62.7 Å². The zero-order valence-corrected chi connectivity index (χ0v) is 22.3. The number of nitrogens with zero attached hydrogens (tertiary/aromatic N) is 5. The Hall–Kier alpha value is -4.15. The van der Waals surface area contributed by atoms with Crippen LogP contribution < -0.4 is 24.4 Å². The summed E-state index contributed by atoms with van der Waals surface area (Å²) < 4.78 is 16.0. The first kappa shape index (κ1) is 27.4. The van der Waals surface area contributed by atoms with Gasteiger partial charge in [-0.2, -0.15) is 4.80 Å². The zero-order chi connectivity index (χ0) is 27.2. The molecule has 1 N–H and O–H groups in total. The van der Waals surface area contributed by atoms with Crippen LogP contribution in [0.2, 0.25) is 0 Å². The van der Waals surface area contributed by atoms with Crippen molar-refractivity contribution in [2.45, 2.75) is 52.2 Å². The minimum absolute atomic E-state index is 0.225. The summed E-state index contributed by atoms with van der Waals surface area (Å²) in [7, 11) is 4.64. The largest absolute Gasteiger partial charge is 0.497 e. The lowest BCUT2D eigenvalue weighted by Gasteiger charge is -2.33. The maximum atomic E-state index is 13.7. The standard InChI is InChI=1S/C26H34N6O5/c1-8-20(25(34)27-26(2,3)4)32(18-10-9-11-19(15-18)35-5)23(33)16-31-29-24(28-30-31)17-12-13-21(36-6)22(14-17)37-7/h9-15,20H,8,16H2,1-7H3,(H,27,34)/t20-/m1/s1. The first-order valence-electron chi connectivity index (χ1n) is 11.9. The van der Waals surface area contributed by atoms with Crippen molar-refractivity contribution in [1.82, 2.24) is 25.5 Å². The summed E-state index contributed by atoms with van der Waals surface area (Å²) in [6.45, 7) is 7.31. The number of carbonyl (C=O) groups excluding carboxylic acids is 2. The van der Waals surface area contributed by atoms with E-state index in [9.17, 15) is 9.59 Å². The molecule has 3 rings (SSSR count). The lowest BCUT2D eigenvalue weighted by molar-refractivity contribution is -0.128. The van der Waals surface area contributed by atoms with Crippen molar-refractivity contribution in [3.63, 3.8) is 0 Å². The third kappa shape index (κ3) is 6.75. The minimum atomic E-state index is -0.757. The average Bonchev–Trinajstić information content (AvgIpc) is 3.33. The van der Waals surface area contributed by atoms with Crippen molar-refractivity contribution < 1.29 is 23.8 Å². The summed E-state index contributed by atoms with van der Waals surface area (Å²) in [5, 5.41) is 15.5. The van der Waals surface area contributed by atoms with Gasteiger partial charge in [0.2, 0.25) is 11.7 Å². The quantitative estimate of drug-likeness (QED) is 0.442. The molecule has 0 aliphatic heterocycles. The molecule has 2 aromatic carbocycles. The predicted molar refractivity (Wildman–Crippen MR) is 139 cm³/mol. The fourth-order valence-electron chi connectivity index (χ4n) is 3.79. The number of hydrogen-bond donors (Lipinski definition) is 1. The molecule has 37 heavy (non-hydrogen) atoms.